The van der Waals surface area contributed by atoms with E-state index in [1.807, 2.05) is 6.07 Å². The summed E-state index contributed by atoms with van der Waals surface area (Å²) < 4.78 is 5.10. The first-order chi connectivity index (χ1) is 13.4. The van der Waals surface area contributed by atoms with Crippen molar-refractivity contribution in [2.75, 3.05) is 0 Å². The lowest BCUT2D eigenvalue weighted by atomic mass is 9.98. The zero-order valence-corrected chi connectivity index (χ0v) is 15.1. The maximum absolute atomic E-state index is 12.2. The molecular formula is C19H18N4O5. The minimum Gasteiger partial charge on any atom is -0.445 e. The predicted octanol–water partition coefficient (Wildman–Crippen LogP) is 2.61. The molecule has 0 heterocycles. The number of rotatable bonds is 8. The molecule has 0 spiro atoms. The number of carbonyl (C=O) groups excluding carboxylic acids is 2. The Morgan fingerprint density at radius 3 is 2.64 bits per heavy atom. The number of non-ortho nitro benzene ring substituents is 1. The fourth-order valence-corrected chi connectivity index (χ4v) is 2.49. The van der Waals surface area contributed by atoms with Crippen molar-refractivity contribution in [1.82, 2.24) is 5.32 Å². The van der Waals surface area contributed by atoms with E-state index < -0.39 is 22.8 Å². The average molecular weight is 382 g/mol. The lowest BCUT2D eigenvalue weighted by molar-refractivity contribution is -0.384. The lowest BCUT2D eigenvalue weighted by Gasteiger charge is -2.16. The highest BCUT2D eigenvalue weighted by atomic mass is 16.6. The Kier molecular flexibility index (Phi) is 7.13. The van der Waals surface area contributed by atoms with Gasteiger partial charge in [0.05, 0.1) is 4.92 Å². The third-order valence-corrected chi connectivity index (χ3v) is 4.00. The number of amides is 1. The van der Waals surface area contributed by atoms with Crippen LogP contribution in [-0.2, 0) is 22.6 Å². The van der Waals surface area contributed by atoms with E-state index in [0.717, 1.165) is 5.56 Å². The van der Waals surface area contributed by atoms with Crippen molar-refractivity contribution in [2.24, 2.45) is 0 Å². The number of ether oxygens (including phenoxy) is 1. The van der Waals surface area contributed by atoms with E-state index in [9.17, 15) is 19.7 Å². The van der Waals surface area contributed by atoms with Crippen LogP contribution in [0.25, 0.3) is 5.53 Å². The number of nitrogens with zero attached hydrogens (tertiary/aromatic N) is 3. The summed E-state index contributed by atoms with van der Waals surface area (Å²) in [4.78, 5) is 37.4. The SMILES string of the molecule is Cc1ccc([N+](=O)[O-])cc1CC(NC(=O)OCc1ccccc1)C(=O)C=[N+]=[N-]. The second kappa shape index (κ2) is 9.75. The van der Waals surface area contributed by atoms with Crippen molar-refractivity contribution in [1.29, 1.82) is 0 Å². The van der Waals surface area contributed by atoms with Gasteiger partial charge in [-0.15, -0.1) is 0 Å². The standard InChI is InChI=1S/C19H18N4O5/c1-13-7-8-16(23(26)27)9-15(13)10-17(18(24)11-21-20)22-19(25)28-12-14-5-3-2-4-6-14/h2-9,11,17H,10,12H2,1H3,(H,22,25). The van der Waals surface area contributed by atoms with E-state index in [2.05, 4.69) is 10.1 Å². The molecule has 0 aliphatic carbocycles. The van der Waals surface area contributed by atoms with Gasteiger partial charge in [0.15, 0.2) is 0 Å². The number of nitro benzene ring substituents is 1. The number of carbonyl (C=O) groups is 2. The summed E-state index contributed by atoms with van der Waals surface area (Å²) in [5.41, 5.74) is 10.5. The van der Waals surface area contributed by atoms with E-state index in [-0.39, 0.29) is 18.7 Å². The summed E-state index contributed by atoms with van der Waals surface area (Å²) in [6, 6.07) is 12.1. The fraction of sp³-hybridized carbons (Fsp3) is 0.211. The molecule has 144 valence electrons. The summed E-state index contributed by atoms with van der Waals surface area (Å²) in [7, 11) is 0. The molecule has 2 aromatic rings. The molecule has 0 aliphatic heterocycles. The Hall–Kier alpha value is -3.84. The van der Waals surface area contributed by atoms with Gasteiger partial charge in [0.1, 0.15) is 12.6 Å². The van der Waals surface area contributed by atoms with Crippen LogP contribution in [0, 0.1) is 17.0 Å². The molecule has 1 unspecified atom stereocenters. The number of hydrogen-bond donors (Lipinski definition) is 1. The van der Waals surface area contributed by atoms with Gasteiger partial charge in [-0.2, -0.15) is 4.79 Å². The van der Waals surface area contributed by atoms with Crippen LogP contribution in [0.4, 0.5) is 10.5 Å². The van der Waals surface area contributed by atoms with Gasteiger partial charge in [-0.05, 0) is 23.6 Å². The number of nitro groups is 1. The maximum atomic E-state index is 12.2. The van der Waals surface area contributed by atoms with Crippen LogP contribution in [0.3, 0.4) is 0 Å². The van der Waals surface area contributed by atoms with Crippen LogP contribution in [0.5, 0.6) is 0 Å². The molecule has 28 heavy (non-hydrogen) atoms. The van der Waals surface area contributed by atoms with Crippen LogP contribution < -0.4 is 5.32 Å². The summed E-state index contributed by atoms with van der Waals surface area (Å²) in [6.45, 7) is 1.74. The van der Waals surface area contributed by atoms with E-state index in [0.29, 0.717) is 17.3 Å². The number of benzene rings is 2. The van der Waals surface area contributed by atoms with Crippen LogP contribution >= 0.6 is 0 Å². The van der Waals surface area contributed by atoms with Gasteiger partial charge in [0, 0.05) is 18.6 Å². The Morgan fingerprint density at radius 1 is 1.29 bits per heavy atom. The van der Waals surface area contributed by atoms with Crippen molar-refractivity contribution in [3.63, 3.8) is 0 Å². The summed E-state index contributed by atoms with van der Waals surface area (Å²) in [6.07, 6.45) is -0.204. The van der Waals surface area contributed by atoms with Gasteiger partial charge in [-0.3, -0.25) is 14.9 Å². The molecule has 9 nitrogen and oxygen atoms in total. The van der Waals surface area contributed by atoms with E-state index in [1.165, 1.54) is 12.1 Å². The van der Waals surface area contributed by atoms with Crippen LogP contribution in [0.2, 0.25) is 0 Å². The number of hydrogen-bond acceptors (Lipinski definition) is 5. The molecule has 0 saturated carbocycles. The summed E-state index contributed by atoms with van der Waals surface area (Å²) in [5.74, 6) is -0.676. The molecule has 9 heteroatoms. The molecule has 0 fully saturated rings. The molecule has 0 bridgehead atoms. The smallest absolute Gasteiger partial charge is 0.408 e. The number of nitrogens with one attached hydrogen (secondary N) is 1. The largest absolute Gasteiger partial charge is 0.445 e. The first-order valence-electron chi connectivity index (χ1n) is 8.33. The van der Waals surface area contributed by atoms with Gasteiger partial charge in [0.2, 0.25) is 0 Å². The summed E-state index contributed by atoms with van der Waals surface area (Å²) in [5, 5.41) is 13.4. The van der Waals surface area contributed by atoms with E-state index in [4.69, 9.17) is 10.3 Å². The Bertz CT molecular complexity index is 923. The third-order valence-electron chi connectivity index (χ3n) is 4.00. The van der Waals surface area contributed by atoms with Gasteiger partial charge in [-0.1, -0.05) is 36.4 Å². The highest BCUT2D eigenvalue weighted by Gasteiger charge is 2.25. The Balaban J connectivity index is 2.13. The van der Waals surface area contributed by atoms with Gasteiger partial charge < -0.3 is 15.6 Å². The molecule has 2 aromatic carbocycles. The first-order valence-corrected chi connectivity index (χ1v) is 8.33. The van der Waals surface area contributed by atoms with Gasteiger partial charge >= 0.3 is 12.3 Å². The highest BCUT2D eigenvalue weighted by molar-refractivity contribution is 6.28. The van der Waals surface area contributed by atoms with Gasteiger partial charge in [0.25, 0.3) is 11.5 Å². The topological polar surface area (TPSA) is 135 Å². The van der Waals surface area contributed by atoms with Crippen LogP contribution in [0.15, 0.2) is 48.5 Å². The van der Waals surface area contributed by atoms with Crippen LogP contribution in [-0.4, -0.2) is 33.8 Å². The van der Waals surface area contributed by atoms with Crippen molar-refractivity contribution in [2.45, 2.75) is 26.0 Å². The van der Waals surface area contributed by atoms with Crippen molar-refractivity contribution in [3.8, 4) is 0 Å². The van der Waals surface area contributed by atoms with Gasteiger partial charge in [-0.25, -0.2) is 4.79 Å². The third kappa shape index (κ3) is 5.86. The molecule has 1 atom stereocenters. The second-order valence-corrected chi connectivity index (χ2v) is 5.98. The molecule has 0 aliphatic rings. The normalized spacial score (nSPS) is 11.0. The monoisotopic (exact) mass is 382 g/mol. The molecular weight excluding hydrogens is 364 g/mol. The fourth-order valence-electron chi connectivity index (χ4n) is 2.49. The predicted molar refractivity (Wildman–Crippen MR) is 99.8 cm³/mol. The van der Waals surface area contributed by atoms with E-state index >= 15 is 0 Å². The number of aryl methyl sites for hydroxylation is 1. The zero-order valence-electron chi connectivity index (χ0n) is 15.1. The summed E-state index contributed by atoms with van der Waals surface area (Å²) >= 11 is 0. The average Bonchev–Trinajstić information content (AvgIpc) is 2.68. The number of Topliss-reactive ketones (excluding diaryl/α,β-unsaturated/α-hetero) is 1. The lowest BCUT2D eigenvalue weighted by Crippen LogP contribution is -2.43. The minimum atomic E-state index is -1.11. The zero-order chi connectivity index (χ0) is 20.5. The number of alkyl carbamates (subject to hydrolysis) is 1. The number of ketones is 1. The molecule has 2 rings (SSSR count). The van der Waals surface area contributed by atoms with Crippen molar-refractivity contribution < 1.29 is 24.0 Å². The second-order valence-electron chi connectivity index (χ2n) is 5.98. The minimum absolute atomic E-state index is 0.0114. The molecule has 1 amide bonds. The molecule has 1 N–H and O–H groups in total. The molecule has 0 saturated heterocycles. The Morgan fingerprint density at radius 2 is 2.00 bits per heavy atom. The maximum Gasteiger partial charge on any atom is 0.408 e. The first kappa shape index (κ1) is 20.5. The Labute approximate surface area is 160 Å². The molecule has 0 aromatic heterocycles. The highest BCUT2D eigenvalue weighted by Crippen LogP contribution is 2.19. The molecule has 0 radical (unpaired) electrons. The van der Waals surface area contributed by atoms with Crippen molar-refractivity contribution >= 4 is 23.8 Å². The van der Waals surface area contributed by atoms with Crippen molar-refractivity contribution in [3.05, 3.63) is 80.9 Å². The quantitative estimate of drug-likeness (QED) is 0.246. The van der Waals surface area contributed by atoms with E-state index in [1.54, 1.807) is 37.3 Å². The van der Waals surface area contributed by atoms with Crippen LogP contribution in [0.1, 0.15) is 16.7 Å².